The van der Waals surface area contributed by atoms with Crippen LogP contribution in [0, 0.1) is 0 Å². The highest BCUT2D eigenvalue weighted by Gasteiger charge is 2.29. The SMILES string of the molecule is CCOc1ccc(S(=O)(=O)N2CCNCCC2C)cc1. The van der Waals surface area contributed by atoms with Crippen LogP contribution in [-0.2, 0) is 10.0 Å². The van der Waals surface area contributed by atoms with Crippen LogP contribution in [0.4, 0.5) is 0 Å². The average molecular weight is 298 g/mol. The van der Waals surface area contributed by atoms with Gasteiger partial charge in [0.15, 0.2) is 0 Å². The highest BCUT2D eigenvalue weighted by molar-refractivity contribution is 7.89. The fourth-order valence-corrected chi connectivity index (χ4v) is 4.02. The van der Waals surface area contributed by atoms with Crippen LogP contribution in [0.2, 0.25) is 0 Å². The smallest absolute Gasteiger partial charge is 0.243 e. The molecule has 6 heteroatoms. The number of benzene rings is 1. The van der Waals surface area contributed by atoms with Crippen LogP contribution < -0.4 is 10.1 Å². The highest BCUT2D eigenvalue weighted by atomic mass is 32.2. The summed E-state index contributed by atoms with van der Waals surface area (Å²) in [6.07, 6.45) is 0.830. The molecule has 0 aromatic heterocycles. The molecule has 1 aliphatic heterocycles. The van der Waals surface area contributed by atoms with Gasteiger partial charge in [-0.1, -0.05) is 0 Å². The Labute approximate surface area is 121 Å². The molecule has 0 spiro atoms. The van der Waals surface area contributed by atoms with Gasteiger partial charge in [0.1, 0.15) is 5.75 Å². The van der Waals surface area contributed by atoms with Crippen molar-refractivity contribution in [3.63, 3.8) is 0 Å². The number of hydrogen-bond donors (Lipinski definition) is 1. The van der Waals surface area contributed by atoms with Gasteiger partial charge in [-0.25, -0.2) is 8.42 Å². The van der Waals surface area contributed by atoms with Gasteiger partial charge >= 0.3 is 0 Å². The quantitative estimate of drug-likeness (QED) is 0.914. The zero-order valence-corrected chi connectivity index (χ0v) is 12.8. The second kappa shape index (κ2) is 6.56. The van der Waals surface area contributed by atoms with Crippen molar-refractivity contribution in [2.24, 2.45) is 0 Å². The van der Waals surface area contributed by atoms with Crippen LogP contribution in [-0.4, -0.2) is 45.0 Å². The maximum Gasteiger partial charge on any atom is 0.243 e. The molecule has 1 aromatic carbocycles. The van der Waals surface area contributed by atoms with E-state index in [2.05, 4.69) is 5.32 Å². The highest BCUT2D eigenvalue weighted by Crippen LogP contribution is 2.22. The molecule has 5 nitrogen and oxygen atoms in total. The van der Waals surface area contributed by atoms with Crippen molar-refractivity contribution in [3.05, 3.63) is 24.3 Å². The van der Waals surface area contributed by atoms with Gasteiger partial charge in [0.2, 0.25) is 10.0 Å². The van der Waals surface area contributed by atoms with Crippen LogP contribution >= 0.6 is 0 Å². The normalized spacial score (nSPS) is 21.4. The van der Waals surface area contributed by atoms with E-state index >= 15 is 0 Å². The zero-order chi connectivity index (χ0) is 14.6. The van der Waals surface area contributed by atoms with Crippen molar-refractivity contribution in [3.8, 4) is 5.75 Å². The van der Waals surface area contributed by atoms with Crippen molar-refractivity contribution in [1.82, 2.24) is 9.62 Å². The minimum absolute atomic E-state index is 0.0153. The Kier molecular flexibility index (Phi) is 5.01. The van der Waals surface area contributed by atoms with E-state index in [1.165, 1.54) is 0 Å². The van der Waals surface area contributed by atoms with E-state index in [1.807, 2.05) is 13.8 Å². The molecule has 1 heterocycles. The third-order valence-electron chi connectivity index (χ3n) is 3.48. The van der Waals surface area contributed by atoms with Crippen molar-refractivity contribution in [2.45, 2.75) is 31.2 Å². The molecule has 2 rings (SSSR count). The molecule has 1 aromatic rings. The lowest BCUT2D eigenvalue weighted by atomic mass is 10.2. The van der Waals surface area contributed by atoms with Crippen molar-refractivity contribution in [2.75, 3.05) is 26.2 Å². The minimum atomic E-state index is -3.43. The van der Waals surface area contributed by atoms with Gasteiger partial charge in [-0.15, -0.1) is 0 Å². The standard InChI is InChI=1S/C14H22N2O3S/c1-3-19-13-4-6-14(7-5-13)20(17,18)16-11-10-15-9-8-12(16)2/h4-7,12,15H,3,8-11H2,1-2H3. The molecule has 1 unspecified atom stereocenters. The Morgan fingerprint density at radius 3 is 2.65 bits per heavy atom. The second-order valence-electron chi connectivity index (χ2n) is 4.91. The number of hydrogen-bond acceptors (Lipinski definition) is 4. The van der Waals surface area contributed by atoms with E-state index in [1.54, 1.807) is 28.6 Å². The fourth-order valence-electron chi connectivity index (χ4n) is 2.36. The third-order valence-corrected chi connectivity index (χ3v) is 5.51. The van der Waals surface area contributed by atoms with E-state index in [0.29, 0.717) is 30.3 Å². The van der Waals surface area contributed by atoms with Gasteiger partial charge in [-0.3, -0.25) is 0 Å². The maximum absolute atomic E-state index is 12.7. The van der Waals surface area contributed by atoms with Crippen molar-refractivity contribution in [1.29, 1.82) is 0 Å². The number of rotatable bonds is 4. The van der Waals surface area contributed by atoms with Crippen LogP contribution in [0.1, 0.15) is 20.3 Å². The summed E-state index contributed by atoms with van der Waals surface area (Å²) in [4.78, 5) is 0.328. The molecule has 0 saturated carbocycles. The molecule has 1 atom stereocenters. The lowest BCUT2D eigenvalue weighted by Gasteiger charge is -2.25. The van der Waals surface area contributed by atoms with E-state index in [-0.39, 0.29) is 6.04 Å². The lowest BCUT2D eigenvalue weighted by molar-refractivity contribution is 0.339. The molecule has 1 saturated heterocycles. The summed E-state index contributed by atoms with van der Waals surface area (Å²) in [7, 11) is -3.43. The van der Waals surface area contributed by atoms with Crippen molar-refractivity contribution < 1.29 is 13.2 Å². The summed E-state index contributed by atoms with van der Waals surface area (Å²) in [5, 5.41) is 3.23. The molecule has 0 bridgehead atoms. The third kappa shape index (κ3) is 3.31. The Balaban J connectivity index is 2.24. The van der Waals surface area contributed by atoms with Gasteiger partial charge in [0.05, 0.1) is 11.5 Å². The Morgan fingerprint density at radius 1 is 1.30 bits per heavy atom. The van der Waals surface area contributed by atoms with Crippen LogP contribution in [0.3, 0.4) is 0 Å². The Hall–Kier alpha value is -1.11. The van der Waals surface area contributed by atoms with E-state index in [0.717, 1.165) is 13.0 Å². The number of sulfonamides is 1. The molecular weight excluding hydrogens is 276 g/mol. The largest absolute Gasteiger partial charge is 0.494 e. The first-order valence-electron chi connectivity index (χ1n) is 7.01. The van der Waals surface area contributed by atoms with E-state index in [4.69, 9.17) is 4.74 Å². The molecule has 1 N–H and O–H groups in total. The van der Waals surface area contributed by atoms with Crippen LogP contribution in [0.25, 0.3) is 0 Å². The summed E-state index contributed by atoms with van der Waals surface area (Å²) in [6, 6.07) is 6.66. The van der Waals surface area contributed by atoms with Gasteiger partial charge in [-0.2, -0.15) is 4.31 Å². The van der Waals surface area contributed by atoms with Gasteiger partial charge < -0.3 is 10.1 Å². The van der Waals surface area contributed by atoms with Crippen LogP contribution in [0.15, 0.2) is 29.2 Å². The topological polar surface area (TPSA) is 58.6 Å². The summed E-state index contributed by atoms with van der Waals surface area (Å²) < 4.78 is 32.3. The summed E-state index contributed by atoms with van der Waals surface area (Å²) in [6.45, 7) is 6.49. The summed E-state index contributed by atoms with van der Waals surface area (Å²) >= 11 is 0. The number of ether oxygens (including phenoxy) is 1. The maximum atomic E-state index is 12.7. The van der Waals surface area contributed by atoms with E-state index < -0.39 is 10.0 Å². The Bertz CT molecular complexity index is 528. The summed E-state index contributed by atoms with van der Waals surface area (Å²) in [5.41, 5.74) is 0. The molecule has 1 aliphatic rings. The minimum Gasteiger partial charge on any atom is -0.494 e. The first-order valence-corrected chi connectivity index (χ1v) is 8.45. The zero-order valence-electron chi connectivity index (χ0n) is 12.0. The van der Waals surface area contributed by atoms with Crippen LogP contribution in [0.5, 0.6) is 5.75 Å². The molecule has 0 amide bonds. The van der Waals surface area contributed by atoms with Crippen molar-refractivity contribution >= 4 is 10.0 Å². The molecule has 0 radical (unpaired) electrons. The predicted molar refractivity (Wildman–Crippen MR) is 78.5 cm³/mol. The van der Waals surface area contributed by atoms with Gasteiger partial charge in [0, 0.05) is 19.1 Å². The number of nitrogens with one attached hydrogen (secondary N) is 1. The second-order valence-corrected chi connectivity index (χ2v) is 6.80. The van der Waals surface area contributed by atoms with Gasteiger partial charge in [0.25, 0.3) is 0 Å². The molecule has 0 aliphatic carbocycles. The average Bonchev–Trinajstić information content (AvgIpc) is 2.65. The lowest BCUT2D eigenvalue weighted by Crippen LogP contribution is -2.39. The summed E-state index contributed by atoms with van der Waals surface area (Å²) in [5.74, 6) is 0.692. The molecule has 20 heavy (non-hydrogen) atoms. The van der Waals surface area contributed by atoms with Gasteiger partial charge in [-0.05, 0) is 51.1 Å². The first-order chi connectivity index (χ1) is 9.55. The molecule has 1 fully saturated rings. The molecular formula is C14H22N2O3S. The fraction of sp³-hybridized carbons (Fsp3) is 0.571. The Morgan fingerprint density at radius 2 is 2.00 bits per heavy atom. The van der Waals surface area contributed by atoms with E-state index in [9.17, 15) is 8.42 Å². The molecule has 112 valence electrons. The monoisotopic (exact) mass is 298 g/mol. The predicted octanol–water partition coefficient (Wildman–Crippen LogP) is 1.46. The number of nitrogens with zero attached hydrogens (tertiary/aromatic N) is 1. The first kappa shape index (κ1) is 15.3.